The van der Waals surface area contributed by atoms with Crippen LogP contribution in [0, 0.1) is 11.6 Å². The Morgan fingerprint density at radius 2 is 1.93 bits per heavy atom. The summed E-state index contributed by atoms with van der Waals surface area (Å²) in [6.07, 6.45) is 0.954. The number of hydrogen-bond donors (Lipinski definition) is 1. The van der Waals surface area contributed by atoms with Crippen molar-refractivity contribution in [3.05, 3.63) is 59.7 Å². The van der Waals surface area contributed by atoms with E-state index in [2.05, 4.69) is 5.32 Å². The van der Waals surface area contributed by atoms with Crippen molar-refractivity contribution >= 4 is 17.6 Å². The van der Waals surface area contributed by atoms with E-state index < -0.39 is 29.6 Å². The molecular weight excluding hydrogens is 384 g/mol. The second kappa shape index (κ2) is 9.47. The molecule has 0 bridgehead atoms. The van der Waals surface area contributed by atoms with Crippen molar-refractivity contribution in [1.29, 1.82) is 0 Å². The Hall–Kier alpha value is -3.00. The van der Waals surface area contributed by atoms with Gasteiger partial charge in [0.25, 0.3) is 5.91 Å². The molecule has 1 heterocycles. The zero-order chi connectivity index (χ0) is 20.8. The van der Waals surface area contributed by atoms with Gasteiger partial charge in [-0.05, 0) is 56.2 Å². The third kappa shape index (κ3) is 5.74. The maximum atomic E-state index is 13.2. The molecule has 6 nitrogen and oxygen atoms in total. The highest BCUT2D eigenvalue weighted by molar-refractivity contribution is 5.97. The number of benzene rings is 2. The average Bonchev–Trinajstić information content (AvgIpc) is 3.23. The molecule has 2 aromatic rings. The number of amides is 1. The van der Waals surface area contributed by atoms with E-state index in [1.807, 2.05) is 0 Å². The van der Waals surface area contributed by atoms with Crippen LogP contribution in [0.15, 0.2) is 42.5 Å². The van der Waals surface area contributed by atoms with Crippen LogP contribution in [-0.2, 0) is 14.3 Å². The van der Waals surface area contributed by atoms with Crippen LogP contribution in [0.5, 0.6) is 5.75 Å². The van der Waals surface area contributed by atoms with Crippen LogP contribution in [0.4, 0.5) is 14.5 Å². The van der Waals surface area contributed by atoms with E-state index in [4.69, 9.17) is 14.2 Å². The van der Waals surface area contributed by atoms with E-state index in [1.54, 1.807) is 12.1 Å². The number of esters is 1. The van der Waals surface area contributed by atoms with Crippen LogP contribution in [0.25, 0.3) is 0 Å². The molecule has 0 radical (unpaired) electrons. The fraction of sp³-hybridized carbons (Fsp3) is 0.333. The molecule has 1 aliphatic heterocycles. The monoisotopic (exact) mass is 405 g/mol. The zero-order valence-corrected chi connectivity index (χ0v) is 15.8. The quantitative estimate of drug-likeness (QED) is 0.711. The minimum atomic E-state index is -1.13. The van der Waals surface area contributed by atoms with Gasteiger partial charge in [0.1, 0.15) is 12.4 Å². The van der Waals surface area contributed by atoms with E-state index in [0.29, 0.717) is 12.4 Å². The van der Waals surface area contributed by atoms with Gasteiger partial charge in [0.2, 0.25) is 0 Å². The fourth-order valence-electron chi connectivity index (χ4n) is 2.75. The largest absolute Gasteiger partial charge is 0.491 e. The molecule has 0 aliphatic carbocycles. The number of ether oxygens (including phenoxy) is 3. The first-order valence-corrected chi connectivity index (χ1v) is 9.24. The predicted molar refractivity (Wildman–Crippen MR) is 101 cm³/mol. The van der Waals surface area contributed by atoms with Gasteiger partial charge in [-0.2, -0.15) is 0 Å². The van der Waals surface area contributed by atoms with Gasteiger partial charge in [-0.3, -0.25) is 4.79 Å². The van der Waals surface area contributed by atoms with Gasteiger partial charge in [-0.15, -0.1) is 0 Å². The van der Waals surface area contributed by atoms with E-state index in [1.165, 1.54) is 25.1 Å². The van der Waals surface area contributed by atoms with Crippen molar-refractivity contribution < 1.29 is 32.6 Å². The minimum Gasteiger partial charge on any atom is -0.491 e. The van der Waals surface area contributed by atoms with Crippen LogP contribution in [0.2, 0.25) is 0 Å². The Morgan fingerprint density at radius 1 is 1.17 bits per heavy atom. The van der Waals surface area contributed by atoms with Gasteiger partial charge < -0.3 is 19.5 Å². The fourth-order valence-corrected chi connectivity index (χ4v) is 2.75. The first kappa shape index (κ1) is 20.7. The molecule has 2 atom stereocenters. The molecule has 0 unspecified atom stereocenters. The topological polar surface area (TPSA) is 73.9 Å². The average molecular weight is 405 g/mol. The Bertz CT molecular complexity index is 866. The van der Waals surface area contributed by atoms with Gasteiger partial charge >= 0.3 is 5.97 Å². The molecule has 0 spiro atoms. The number of rotatable bonds is 7. The molecule has 8 heteroatoms. The molecule has 1 N–H and O–H groups in total. The molecular formula is C21H21F2NO5. The summed E-state index contributed by atoms with van der Waals surface area (Å²) >= 11 is 0. The zero-order valence-electron chi connectivity index (χ0n) is 15.8. The summed E-state index contributed by atoms with van der Waals surface area (Å²) in [6.45, 7) is 2.58. The summed E-state index contributed by atoms with van der Waals surface area (Å²) in [4.78, 5) is 24.3. The highest BCUT2D eigenvalue weighted by atomic mass is 19.2. The summed E-state index contributed by atoms with van der Waals surface area (Å²) in [5.74, 6) is -2.87. The van der Waals surface area contributed by atoms with Crippen LogP contribution in [0.1, 0.15) is 30.1 Å². The van der Waals surface area contributed by atoms with Crippen LogP contribution < -0.4 is 10.1 Å². The molecule has 2 aromatic carbocycles. The normalized spacial score (nSPS) is 16.9. The molecule has 0 aromatic heterocycles. The van der Waals surface area contributed by atoms with Crippen LogP contribution >= 0.6 is 0 Å². The molecule has 1 aliphatic rings. The number of carbonyl (C=O) groups excluding carboxylic acids is 2. The van der Waals surface area contributed by atoms with Gasteiger partial charge in [0.05, 0.1) is 11.7 Å². The van der Waals surface area contributed by atoms with Gasteiger partial charge in [-0.25, -0.2) is 13.6 Å². The molecule has 1 amide bonds. The van der Waals surface area contributed by atoms with Crippen molar-refractivity contribution in [2.75, 3.05) is 18.5 Å². The third-order valence-corrected chi connectivity index (χ3v) is 4.39. The Balaban J connectivity index is 1.50. The molecule has 154 valence electrons. The maximum Gasteiger partial charge on any atom is 0.338 e. The Labute approximate surface area is 166 Å². The number of halogens is 2. The van der Waals surface area contributed by atoms with Crippen molar-refractivity contribution in [1.82, 2.24) is 0 Å². The van der Waals surface area contributed by atoms with Crippen LogP contribution in [-0.4, -0.2) is 37.3 Å². The Morgan fingerprint density at radius 3 is 2.59 bits per heavy atom. The summed E-state index contributed by atoms with van der Waals surface area (Å²) in [5, 5.41) is 2.36. The first-order chi connectivity index (χ1) is 13.9. The van der Waals surface area contributed by atoms with E-state index in [-0.39, 0.29) is 17.4 Å². The smallest absolute Gasteiger partial charge is 0.338 e. The number of nitrogens with one attached hydrogen (secondary N) is 1. The summed E-state index contributed by atoms with van der Waals surface area (Å²) < 4.78 is 42.4. The van der Waals surface area contributed by atoms with Crippen LogP contribution in [0.3, 0.4) is 0 Å². The van der Waals surface area contributed by atoms with Crippen molar-refractivity contribution in [2.45, 2.75) is 32.0 Å². The lowest BCUT2D eigenvalue weighted by Gasteiger charge is -2.14. The second-order valence-electron chi connectivity index (χ2n) is 6.64. The van der Waals surface area contributed by atoms with E-state index in [0.717, 1.165) is 31.6 Å². The third-order valence-electron chi connectivity index (χ3n) is 4.39. The second-order valence-corrected chi connectivity index (χ2v) is 6.64. The maximum absolute atomic E-state index is 13.2. The summed E-state index contributed by atoms with van der Waals surface area (Å²) in [6, 6.07) is 9.29. The van der Waals surface area contributed by atoms with Gasteiger partial charge in [-0.1, -0.05) is 0 Å². The number of hydrogen-bond acceptors (Lipinski definition) is 5. The van der Waals surface area contributed by atoms with Crippen molar-refractivity contribution in [2.24, 2.45) is 0 Å². The molecule has 1 fully saturated rings. The lowest BCUT2D eigenvalue weighted by molar-refractivity contribution is -0.123. The predicted octanol–water partition coefficient (Wildman–Crippen LogP) is 3.71. The lowest BCUT2D eigenvalue weighted by atomic mass is 10.2. The highest BCUT2D eigenvalue weighted by Gasteiger charge is 2.20. The Kier molecular flexibility index (Phi) is 6.77. The summed E-state index contributed by atoms with van der Waals surface area (Å²) in [5.41, 5.74) is 0.312. The molecule has 0 saturated carbocycles. The molecule has 3 rings (SSSR count). The summed E-state index contributed by atoms with van der Waals surface area (Å²) in [7, 11) is 0. The van der Waals surface area contributed by atoms with Crippen molar-refractivity contribution in [3.8, 4) is 5.75 Å². The van der Waals surface area contributed by atoms with E-state index >= 15 is 0 Å². The van der Waals surface area contributed by atoms with Crippen molar-refractivity contribution in [3.63, 3.8) is 0 Å². The van der Waals surface area contributed by atoms with E-state index in [9.17, 15) is 18.4 Å². The standard InChI is InChI=1S/C21H21F2NO5/c1-13(20(25)24-15-6-9-18(22)19(23)11-15)29-21(26)14-4-7-16(8-5-14)28-12-17-3-2-10-27-17/h4-9,11,13,17H,2-3,10,12H2,1H3,(H,24,25)/t13-,17+/m0/s1. The highest BCUT2D eigenvalue weighted by Crippen LogP contribution is 2.18. The molecule has 1 saturated heterocycles. The first-order valence-electron chi connectivity index (χ1n) is 9.24. The lowest BCUT2D eigenvalue weighted by Crippen LogP contribution is -2.30. The SMILES string of the molecule is C[C@H](OC(=O)c1ccc(OC[C@H]2CCCO2)cc1)C(=O)Nc1ccc(F)c(F)c1. The number of anilines is 1. The van der Waals surface area contributed by atoms with Gasteiger partial charge in [0.15, 0.2) is 17.7 Å². The minimum absolute atomic E-state index is 0.0598. The number of carbonyl (C=O) groups is 2. The molecule has 29 heavy (non-hydrogen) atoms. The van der Waals surface area contributed by atoms with Gasteiger partial charge in [0, 0.05) is 18.4 Å².